The molecule has 0 amide bonds. The Bertz CT molecular complexity index is 378. The molecule has 0 aromatic heterocycles. The molecule has 0 aliphatic heterocycles. The van der Waals surface area contributed by atoms with E-state index >= 15 is 0 Å². The highest BCUT2D eigenvalue weighted by Gasteiger charge is 2.41. The van der Waals surface area contributed by atoms with Crippen molar-refractivity contribution in [3.05, 3.63) is 35.9 Å². The van der Waals surface area contributed by atoms with Crippen LogP contribution in [0.25, 0.3) is 0 Å². The number of hydrogen-bond donors (Lipinski definition) is 0. The molecule has 0 saturated heterocycles. The minimum Gasteiger partial charge on any atom is -0.299 e. The first-order valence-corrected chi connectivity index (χ1v) is 6.08. The molecule has 1 heteroatoms. The molecule has 1 aliphatic carbocycles. The average molecular weight is 216 g/mol. The predicted molar refractivity (Wildman–Crippen MR) is 66.4 cm³/mol. The van der Waals surface area contributed by atoms with Gasteiger partial charge in [-0.1, -0.05) is 51.1 Å². The number of benzene rings is 1. The summed E-state index contributed by atoms with van der Waals surface area (Å²) in [5, 5.41) is 0. The monoisotopic (exact) mass is 216 g/mol. The fourth-order valence-corrected chi connectivity index (χ4v) is 3.27. The van der Waals surface area contributed by atoms with Crippen LogP contribution < -0.4 is 0 Å². The number of rotatable bonds is 1. The van der Waals surface area contributed by atoms with Crippen molar-refractivity contribution in [1.29, 1.82) is 0 Å². The number of Topliss-reactive ketones (excluding diaryl/α,β-unsaturated/α-hetero) is 1. The van der Waals surface area contributed by atoms with E-state index < -0.39 is 0 Å². The number of carbonyl (C=O) groups is 1. The second-order valence-corrected chi connectivity index (χ2v) is 5.81. The van der Waals surface area contributed by atoms with E-state index in [0.29, 0.717) is 11.7 Å². The number of hydrogen-bond acceptors (Lipinski definition) is 1. The van der Waals surface area contributed by atoms with E-state index in [2.05, 4.69) is 32.9 Å². The Morgan fingerprint density at radius 3 is 2.38 bits per heavy atom. The SMILES string of the molecule is CC1CC(=O)C(c2ccccc2)C(C)(C)C1. The summed E-state index contributed by atoms with van der Waals surface area (Å²) in [5.74, 6) is 1.03. The van der Waals surface area contributed by atoms with Crippen LogP contribution in [0.15, 0.2) is 30.3 Å². The fourth-order valence-electron chi connectivity index (χ4n) is 3.27. The smallest absolute Gasteiger partial charge is 0.141 e. The third kappa shape index (κ3) is 2.04. The third-order valence-electron chi connectivity index (χ3n) is 3.66. The molecule has 1 saturated carbocycles. The van der Waals surface area contributed by atoms with Crippen LogP contribution in [0.5, 0.6) is 0 Å². The van der Waals surface area contributed by atoms with E-state index in [1.165, 1.54) is 5.56 Å². The van der Waals surface area contributed by atoms with Gasteiger partial charge in [-0.05, 0) is 23.3 Å². The molecule has 0 N–H and O–H groups in total. The highest BCUT2D eigenvalue weighted by atomic mass is 16.1. The molecule has 86 valence electrons. The lowest BCUT2D eigenvalue weighted by Crippen LogP contribution is -2.36. The largest absolute Gasteiger partial charge is 0.299 e. The molecule has 1 aromatic rings. The molecule has 1 aromatic carbocycles. The lowest BCUT2D eigenvalue weighted by molar-refractivity contribution is -0.127. The summed E-state index contributed by atoms with van der Waals surface area (Å²) < 4.78 is 0. The molecule has 1 nitrogen and oxygen atoms in total. The number of ketones is 1. The van der Waals surface area contributed by atoms with Crippen molar-refractivity contribution < 1.29 is 4.79 Å². The average Bonchev–Trinajstić information content (AvgIpc) is 2.15. The molecule has 1 fully saturated rings. The third-order valence-corrected chi connectivity index (χ3v) is 3.66. The van der Waals surface area contributed by atoms with Crippen LogP contribution in [0.3, 0.4) is 0 Å². The summed E-state index contributed by atoms with van der Waals surface area (Å²) >= 11 is 0. The molecule has 0 radical (unpaired) electrons. The van der Waals surface area contributed by atoms with Gasteiger partial charge in [-0.25, -0.2) is 0 Å². The first-order chi connectivity index (χ1) is 7.50. The highest BCUT2D eigenvalue weighted by molar-refractivity contribution is 5.87. The Balaban J connectivity index is 2.35. The van der Waals surface area contributed by atoms with E-state index in [1.807, 2.05) is 18.2 Å². The van der Waals surface area contributed by atoms with Crippen LogP contribution in [0.2, 0.25) is 0 Å². The highest BCUT2D eigenvalue weighted by Crippen LogP contribution is 2.46. The van der Waals surface area contributed by atoms with E-state index in [9.17, 15) is 4.79 Å². The topological polar surface area (TPSA) is 17.1 Å². The summed E-state index contributed by atoms with van der Waals surface area (Å²) in [6, 6.07) is 10.2. The summed E-state index contributed by atoms with van der Waals surface area (Å²) in [7, 11) is 0. The van der Waals surface area contributed by atoms with Gasteiger partial charge < -0.3 is 0 Å². The molecule has 2 atom stereocenters. The molecule has 0 bridgehead atoms. The zero-order valence-electron chi connectivity index (χ0n) is 10.4. The first kappa shape index (κ1) is 11.4. The molecule has 0 spiro atoms. The van der Waals surface area contributed by atoms with Gasteiger partial charge >= 0.3 is 0 Å². The molecule has 2 rings (SSSR count). The van der Waals surface area contributed by atoms with E-state index in [4.69, 9.17) is 0 Å². The van der Waals surface area contributed by atoms with Crippen LogP contribution >= 0.6 is 0 Å². The Morgan fingerprint density at radius 2 is 1.81 bits per heavy atom. The number of carbonyl (C=O) groups excluding carboxylic acids is 1. The fraction of sp³-hybridized carbons (Fsp3) is 0.533. The molecule has 2 unspecified atom stereocenters. The zero-order chi connectivity index (χ0) is 11.8. The summed E-state index contributed by atoms with van der Waals surface area (Å²) in [6.45, 7) is 6.62. The van der Waals surface area contributed by atoms with Gasteiger partial charge in [0.05, 0.1) is 0 Å². The normalized spacial score (nSPS) is 29.1. The Labute approximate surface area is 97.9 Å². The van der Waals surface area contributed by atoms with Gasteiger partial charge in [0, 0.05) is 12.3 Å². The van der Waals surface area contributed by atoms with Gasteiger partial charge in [0.25, 0.3) is 0 Å². The van der Waals surface area contributed by atoms with Gasteiger partial charge in [-0.3, -0.25) is 4.79 Å². The Hall–Kier alpha value is -1.11. The minimum atomic E-state index is 0.0879. The molecule has 0 heterocycles. The minimum absolute atomic E-state index is 0.0879. The Morgan fingerprint density at radius 1 is 1.19 bits per heavy atom. The van der Waals surface area contributed by atoms with Crippen LogP contribution in [-0.2, 0) is 4.79 Å². The maximum absolute atomic E-state index is 12.2. The van der Waals surface area contributed by atoms with Crippen molar-refractivity contribution in [1.82, 2.24) is 0 Å². The summed E-state index contributed by atoms with van der Waals surface area (Å²) in [6.07, 6.45) is 1.88. The lowest BCUT2D eigenvalue weighted by atomic mass is 9.62. The van der Waals surface area contributed by atoms with Crippen LogP contribution in [0, 0.1) is 11.3 Å². The maximum Gasteiger partial charge on any atom is 0.141 e. The van der Waals surface area contributed by atoms with Crippen LogP contribution in [0.1, 0.15) is 45.1 Å². The van der Waals surface area contributed by atoms with Crippen molar-refractivity contribution in [2.45, 2.75) is 39.5 Å². The van der Waals surface area contributed by atoms with Crippen molar-refractivity contribution >= 4 is 5.78 Å². The van der Waals surface area contributed by atoms with Gasteiger partial charge in [0.1, 0.15) is 5.78 Å². The molecule has 1 aliphatic rings. The maximum atomic E-state index is 12.2. The second-order valence-electron chi connectivity index (χ2n) is 5.81. The van der Waals surface area contributed by atoms with Gasteiger partial charge in [-0.15, -0.1) is 0 Å². The first-order valence-electron chi connectivity index (χ1n) is 6.08. The molecule has 16 heavy (non-hydrogen) atoms. The quantitative estimate of drug-likeness (QED) is 0.698. The summed E-state index contributed by atoms with van der Waals surface area (Å²) in [4.78, 5) is 12.2. The van der Waals surface area contributed by atoms with Crippen molar-refractivity contribution in [3.63, 3.8) is 0 Å². The van der Waals surface area contributed by atoms with Gasteiger partial charge in [0.2, 0.25) is 0 Å². The van der Waals surface area contributed by atoms with Gasteiger partial charge in [-0.2, -0.15) is 0 Å². The van der Waals surface area contributed by atoms with Crippen molar-refractivity contribution in [2.24, 2.45) is 11.3 Å². The van der Waals surface area contributed by atoms with Gasteiger partial charge in [0.15, 0.2) is 0 Å². The van der Waals surface area contributed by atoms with Crippen molar-refractivity contribution in [2.75, 3.05) is 0 Å². The summed E-state index contributed by atoms with van der Waals surface area (Å²) in [5.41, 5.74) is 1.28. The zero-order valence-corrected chi connectivity index (χ0v) is 10.4. The van der Waals surface area contributed by atoms with E-state index in [1.54, 1.807) is 0 Å². The second kappa shape index (κ2) is 4.04. The van der Waals surface area contributed by atoms with Crippen LogP contribution in [0.4, 0.5) is 0 Å². The van der Waals surface area contributed by atoms with E-state index in [0.717, 1.165) is 12.8 Å². The molecular formula is C15H20O. The van der Waals surface area contributed by atoms with E-state index in [-0.39, 0.29) is 11.3 Å². The standard InChI is InChI=1S/C15H20O/c1-11-9-13(16)14(15(2,3)10-11)12-7-5-4-6-8-12/h4-8,11,14H,9-10H2,1-3H3. The Kier molecular flexibility index (Phi) is 2.88. The van der Waals surface area contributed by atoms with Crippen molar-refractivity contribution in [3.8, 4) is 0 Å². The molecular weight excluding hydrogens is 196 g/mol. The lowest BCUT2D eigenvalue weighted by Gasteiger charge is -2.40. The van der Waals surface area contributed by atoms with Crippen LogP contribution in [-0.4, -0.2) is 5.78 Å². The predicted octanol–water partition coefficient (Wildman–Crippen LogP) is 3.80.